The van der Waals surface area contributed by atoms with Crippen LogP contribution < -0.4 is 10.2 Å². The molecule has 10 heteroatoms. The van der Waals surface area contributed by atoms with Crippen LogP contribution in [0.25, 0.3) is 0 Å². The highest BCUT2D eigenvalue weighted by Gasteiger charge is 2.17. The van der Waals surface area contributed by atoms with Gasteiger partial charge in [0.05, 0.1) is 10.6 Å². The average molecular weight is 390 g/mol. The first-order valence-electron chi connectivity index (χ1n) is 8.61. The Bertz CT molecular complexity index is 860. The topological polar surface area (TPSA) is 113 Å². The van der Waals surface area contributed by atoms with Crippen molar-refractivity contribution >= 4 is 44.4 Å². The summed E-state index contributed by atoms with van der Waals surface area (Å²) in [7, 11) is 0. The molecule has 0 saturated heterocycles. The number of aromatic nitrogens is 1. The summed E-state index contributed by atoms with van der Waals surface area (Å²) in [5.74, 6) is -0.135. The molecule has 1 heterocycles. The van der Waals surface area contributed by atoms with Crippen molar-refractivity contribution in [2.45, 2.75) is 34.1 Å². The van der Waals surface area contributed by atoms with Crippen LogP contribution in [-0.4, -0.2) is 28.9 Å². The van der Waals surface area contributed by atoms with Crippen LogP contribution in [0.4, 0.5) is 27.2 Å². The minimum absolute atomic E-state index is 0.0552. The first kappa shape index (κ1) is 20.4. The van der Waals surface area contributed by atoms with E-state index in [-0.39, 0.29) is 16.0 Å². The van der Waals surface area contributed by atoms with Gasteiger partial charge in [0, 0.05) is 25.2 Å². The molecule has 0 radical (unpaired) electrons. The van der Waals surface area contributed by atoms with E-state index in [1.54, 1.807) is 19.9 Å². The Labute approximate surface area is 161 Å². The summed E-state index contributed by atoms with van der Waals surface area (Å²) in [6.45, 7) is 9.10. The van der Waals surface area contributed by atoms with Crippen LogP contribution in [0.3, 0.4) is 0 Å². The van der Waals surface area contributed by atoms with Crippen molar-refractivity contribution < 1.29 is 9.72 Å². The Balaban J connectivity index is 2.37. The molecule has 9 nitrogen and oxygen atoms in total. The molecular weight excluding hydrogens is 368 g/mol. The number of rotatable bonds is 8. The lowest BCUT2D eigenvalue weighted by Gasteiger charge is -2.22. The van der Waals surface area contributed by atoms with Gasteiger partial charge in [-0.3, -0.25) is 14.9 Å². The number of nitrogens with one attached hydrogen (secondary N) is 1. The van der Waals surface area contributed by atoms with Crippen molar-refractivity contribution in [2.24, 2.45) is 10.2 Å². The van der Waals surface area contributed by atoms with Crippen molar-refractivity contribution in [1.82, 2.24) is 4.98 Å². The van der Waals surface area contributed by atoms with Crippen molar-refractivity contribution in [3.05, 3.63) is 34.0 Å². The number of aryl methyl sites for hydroxylation is 1. The molecule has 144 valence electrons. The number of carbonyl (C=O) groups is 1. The normalized spacial score (nSPS) is 11.0. The minimum atomic E-state index is -0.488. The number of carbonyl (C=O) groups excluding carboxylic acids is 1. The molecule has 0 spiro atoms. The summed E-state index contributed by atoms with van der Waals surface area (Å²) in [6, 6.07) is 5.51. The maximum atomic E-state index is 11.9. The number of hydrogen-bond acceptors (Lipinski definition) is 8. The third kappa shape index (κ3) is 5.07. The molecule has 1 aromatic heterocycles. The predicted octanol–water partition coefficient (Wildman–Crippen LogP) is 4.97. The van der Waals surface area contributed by atoms with Crippen molar-refractivity contribution in [1.29, 1.82) is 0 Å². The van der Waals surface area contributed by atoms with Gasteiger partial charge >= 0.3 is 5.00 Å². The van der Waals surface area contributed by atoms with E-state index in [4.69, 9.17) is 0 Å². The zero-order valence-electron chi connectivity index (χ0n) is 15.7. The molecular formula is C17H22N6O3S. The second-order valence-corrected chi connectivity index (χ2v) is 6.58. The van der Waals surface area contributed by atoms with Crippen LogP contribution in [0.15, 0.2) is 28.4 Å². The van der Waals surface area contributed by atoms with Gasteiger partial charge in [-0.05, 0) is 50.3 Å². The standard InChI is InChI=1S/C17H22N6O3S/c1-5-15(24)19-14-10-12(22(6-2)7-3)8-9-13(14)20-21-17-18-11(4)16(27-17)23(25)26/h8-10H,5-7H2,1-4H3,(H,19,24). The number of nitrogens with zero attached hydrogens (tertiary/aromatic N) is 5. The first-order chi connectivity index (χ1) is 12.9. The number of nitro groups is 1. The van der Waals surface area contributed by atoms with Crippen molar-refractivity contribution in [3.63, 3.8) is 0 Å². The largest absolute Gasteiger partial charge is 0.372 e. The van der Waals surface area contributed by atoms with Gasteiger partial charge in [0.2, 0.25) is 11.0 Å². The van der Waals surface area contributed by atoms with Crippen LogP contribution >= 0.6 is 11.3 Å². The second kappa shape index (κ2) is 9.17. The monoisotopic (exact) mass is 390 g/mol. The third-order valence-corrected chi connectivity index (χ3v) is 4.87. The highest BCUT2D eigenvalue weighted by atomic mass is 32.1. The molecule has 1 N–H and O–H groups in total. The van der Waals surface area contributed by atoms with Gasteiger partial charge < -0.3 is 10.2 Å². The van der Waals surface area contributed by atoms with Crippen LogP contribution in [0.2, 0.25) is 0 Å². The molecule has 27 heavy (non-hydrogen) atoms. The number of thiazole rings is 1. The summed E-state index contributed by atoms with van der Waals surface area (Å²) in [6.07, 6.45) is 0.337. The van der Waals surface area contributed by atoms with Crippen LogP contribution in [0, 0.1) is 17.0 Å². The zero-order chi connectivity index (χ0) is 20.0. The minimum Gasteiger partial charge on any atom is -0.372 e. The fourth-order valence-corrected chi connectivity index (χ4v) is 3.12. The lowest BCUT2D eigenvalue weighted by atomic mass is 10.2. The van der Waals surface area contributed by atoms with Gasteiger partial charge in [0.15, 0.2) is 0 Å². The molecule has 0 atom stereocenters. The lowest BCUT2D eigenvalue weighted by Crippen LogP contribution is -2.22. The van der Waals surface area contributed by atoms with Crippen LogP contribution in [0.1, 0.15) is 32.9 Å². The quantitative estimate of drug-likeness (QED) is 0.388. The molecule has 0 saturated carbocycles. The molecule has 0 aliphatic rings. The van der Waals surface area contributed by atoms with Crippen molar-refractivity contribution in [2.75, 3.05) is 23.3 Å². The van der Waals surface area contributed by atoms with Crippen molar-refractivity contribution in [3.8, 4) is 0 Å². The van der Waals surface area contributed by atoms with E-state index in [1.165, 1.54) is 0 Å². The zero-order valence-corrected chi connectivity index (χ0v) is 16.5. The van der Waals surface area contributed by atoms with E-state index in [0.717, 1.165) is 30.1 Å². The fraction of sp³-hybridized carbons (Fsp3) is 0.412. The molecule has 2 rings (SSSR count). The Morgan fingerprint density at radius 1 is 1.30 bits per heavy atom. The number of azo groups is 1. The van der Waals surface area contributed by atoms with Gasteiger partial charge in [-0.15, -0.1) is 10.2 Å². The van der Waals surface area contributed by atoms with Gasteiger partial charge in [0.1, 0.15) is 11.4 Å². The summed E-state index contributed by atoms with van der Waals surface area (Å²) in [4.78, 5) is 28.5. The summed E-state index contributed by atoms with van der Waals surface area (Å²) >= 11 is 0.860. The highest BCUT2D eigenvalue weighted by Crippen LogP contribution is 2.35. The van der Waals surface area contributed by atoms with Crippen LogP contribution in [0.5, 0.6) is 0 Å². The maximum Gasteiger partial charge on any atom is 0.348 e. The Hall–Kier alpha value is -2.88. The van der Waals surface area contributed by atoms with Gasteiger partial charge in [0.25, 0.3) is 0 Å². The second-order valence-electron chi connectivity index (χ2n) is 5.62. The third-order valence-electron chi connectivity index (χ3n) is 3.87. The average Bonchev–Trinajstić information content (AvgIpc) is 3.03. The Morgan fingerprint density at radius 3 is 2.56 bits per heavy atom. The molecule has 0 unspecified atom stereocenters. The van der Waals surface area contributed by atoms with E-state index < -0.39 is 4.92 Å². The summed E-state index contributed by atoms with van der Waals surface area (Å²) in [5.41, 5.74) is 2.27. The molecule has 2 aromatic rings. The summed E-state index contributed by atoms with van der Waals surface area (Å²) < 4.78 is 0. The van der Waals surface area contributed by atoms with E-state index in [2.05, 4.69) is 39.3 Å². The number of benzene rings is 1. The number of amides is 1. The van der Waals surface area contributed by atoms with E-state index >= 15 is 0 Å². The summed E-state index contributed by atoms with van der Waals surface area (Å²) in [5, 5.41) is 22.1. The molecule has 1 amide bonds. The predicted molar refractivity (Wildman–Crippen MR) is 107 cm³/mol. The van der Waals surface area contributed by atoms with E-state index in [1.807, 2.05) is 12.1 Å². The molecule has 0 fully saturated rings. The number of hydrogen-bond donors (Lipinski definition) is 1. The highest BCUT2D eigenvalue weighted by molar-refractivity contribution is 7.18. The SMILES string of the molecule is CCC(=O)Nc1cc(N(CC)CC)ccc1N=Nc1nc(C)c([N+](=O)[O-])s1. The first-order valence-corrected chi connectivity index (χ1v) is 9.43. The maximum absolute atomic E-state index is 11.9. The van der Waals surface area contributed by atoms with Gasteiger partial charge in [-0.25, -0.2) is 4.98 Å². The number of anilines is 2. The van der Waals surface area contributed by atoms with Gasteiger partial charge in [-0.1, -0.05) is 6.92 Å². The van der Waals surface area contributed by atoms with Crippen LogP contribution in [-0.2, 0) is 4.79 Å². The van der Waals surface area contributed by atoms with E-state index in [0.29, 0.717) is 23.5 Å². The fourth-order valence-electron chi connectivity index (χ4n) is 2.42. The van der Waals surface area contributed by atoms with E-state index in [9.17, 15) is 14.9 Å². The molecule has 1 aromatic carbocycles. The molecule has 0 aliphatic carbocycles. The Morgan fingerprint density at radius 2 is 2.00 bits per heavy atom. The Kier molecular flexibility index (Phi) is 6.94. The van der Waals surface area contributed by atoms with Gasteiger partial charge in [-0.2, -0.15) is 0 Å². The lowest BCUT2D eigenvalue weighted by molar-refractivity contribution is -0.380. The smallest absolute Gasteiger partial charge is 0.348 e. The molecule has 0 aliphatic heterocycles. The molecule has 0 bridgehead atoms.